The van der Waals surface area contributed by atoms with Crippen molar-refractivity contribution in [3.05, 3.63) is 50.7 Å². The first kappa shape index (κ1) is 30.9. The number of hydrogen-bond acceptors (Lipinski definition) is 7. The van der Waals surface area contributed by atoms with Crippen molar-refractivity contribution in [3.8, 4) is 5.75 Å². The summed E-state index contributed by atoms with van der Waals surface area (Å²) in [6, 6.07) is 7.10. The van der Waals surface area contributed by atoms with Gasteiger partial charge in [-0.1, -0.05) is 12.1 Å². The maximum atomic E-state index is 13.1. The number of hydrogen-bond donors (Lipinski definition) is 0. The maximum Gasteiger partial charge on any atom is 0.389 e. The van der Waals surface area contributed by atoms with Crippen molar-refractivity contribution in [1.29, 1.82) is 0 Å². The molecule has 0 aliphatic heterocycles. The van der Waals surface area contributed by atoms with Gasteiger partial charge >= 0.3 is 11.9 Å². The highest BCUT2D eigenvalue weighted by molar-refractivity contribution is 5.74. The zero-order valence-electron chi connectivity index (χ0n) is 22.7. The van der Waals surface area contributed by atoms with E-state index in [2.05, 4.69) is 5.10 Å². The Morgan fingerprint density at radius 1 is 1.08 bits per heavy atom. The van der Waals surface area contributed by atoms with E-state index in [4.69, 9.17) is 4.74 Å². The minimum Gasteiger partial charge on any atom is -0.546 e. The monoisotopic (exact) mass is 541 g/mol. The smallest absolute Gasteiger partial charge is 0.389 e. The second kappa shape index (κ2) is 12.0. The minimum absolute atomic E-state index is 0.00603. The molecule has 0 spiro atoms. The van der Waals surface area contributed by atoms with Gasteiger partial charge in [0.15, 0.2) is 0 Å². The summed E-state index contributed by atoms with van der Waals surface area (Å²) < 4.78 is 45.1. The highest BCUT2D eigenvalue weighted by Gasteiger charge is 2.29. The van der Waals surface area contributed by atoms with Gasteiger partial charge in [-0.2, -0.15) is 13.2 Å². The van der Waals surface area contributed by atoms with Gasteiger partial charge in [0.1, 0.15) is 11.4 Å². The third-order valence-corrected chi connectivity index (χ3v) is 5.96. The summed E-state index contributed by atoms with van der Waals surface area (Å²) in [5, 5.41) is 15.4. The van der Waals surface area contributed by atoms with E-state index in [1.165, 1.54) is 20.9 Å². The molecule has 38 heavy (non-hydrogen) atoms. The fourth-order valence-electron chi connectivity index (χ4n) is 3.87. The molecule has 2 aromatic rings. The Labute approximate surface area is 219 Å². The van der Waals surface area contributed by atoms with Gasteiger partial charge in [0.05, 0.1) is 5.97 Å². The van der Waals surface area contributed by atoms with Gasteiger partial charge < -0.3 is 19.5 Å². The summed E-state index contributed by atoms with van der Waals surface area (Å²) in [5.41, 5.74) is -2.58. The SMILES string of the molecule is Cn1nc(N(CCCCc2cccc(OC(C)(C)C(=O)[O-])c2)C(C)(C)C)c(=O)n(CCCC(F)(F)F)c1=O. The number of alkyl halides is 3. The number of nitrogens with zero attached hydrogens (tertiary/aromatic N) is 4. The van der Waals surface area contributed by atoms with Crippen LogP contribution in [-0.4, -0.2) is 44.2 Å². The average Bonchev–Trinajstić information content (AvgIpc) is 2.77. The number of carbonyl (C=O) groups is 1. The first-order chi connectivity index (χ1) is 17.4. The molecule has 12 heteroatoms. The van der Waals surface area contributed by atoms with Crippen LogP contribution in [0.2, 0.25) is 0 Å². The van der Waals surface area contributed by atoms with Crippen molar-refractivity contribution in [3.63, 3.8) is 0 Å². The fourth-order valence-corrected chi connectivity index (χ4v) is 3.87. The molecule has 1 aromatic heterocycles. The molecule has 0 N–H and O–H groups in total. The van der Waals surface area contributed by atoms with Crippen LogP contribution >= 0.6 is 0 Å². The minimum atomic E-state index is -4.38. The molecule has 0 saturated carbocycles. The third kappa shape index (κ3) is 8.63. The lowest BCUT2D eigenvalue weighted by molar-refractivity contribution is -0.320. The second-order valence-corrected chi connectivity index (χ2v) is 10.7. The van der Waals surface area contributed by atoms with Gasteiger partial charge in [0, 0.05) is 32.1 Å². The molecule has 1 aromatic carbocycles. The highest BCUT2D eigenvalue weighted by Crippen LogP contribution is 2.23. The number of unbranched alkanes of at least 4 members (excludes halogenated alkanes) is 1. The summed E-state index contributed by atoms with van der Waals surface area (Å²) in [7, 11) is 1.36. The highest BCUT2D eigenvalue weighted by atomic mass is 19.4. The first-order valence-electron chi connectivity index (χ1n) is 12.4. The number of anilines is 1. The number of rotatable bonds is 12. The molecule has 0 fully saturated rings. The molecular formula is C26H36F3N4O5-. The van der Waals surface area contributed by atoms with Crippen LogP contribution in [0.1, 0.15) is 65.9 Å². The van der Waals surface area contributed by atoms with E-state index >= 15 is 0 Å². The molecule has 212 valence electrons. The quantitative estimate of drug-likeness (QED) is 0.380. The summed E-state index contributed by atoms with van der Waals surface area (Å²) in [6.45, 7) is 8.53. The van der Waals surface area contributed by atoms with Crippen LogP contribution in [0.3, 0.4) is 0 Å². The van der Waals surface area contributed by atoms with Crippen LogP contribution in [0.5, 0.6) is 5.75 Å². The summed E-state index contributed by atoms with van der Waals surface area (Å²) in [5.74, 6) is -0.906. The maximum absolute atomic E-state index is 13.1. The van der Waals surface area contributed by atoms with Crippen LogP contribution < -0.4 is 26.0 Å². The molecule has 2 rings (SSSR count). The predicted molar refractivity (Wildman–Crippen MR) is 135 cm³/mol. The molecule has 0 amide bonds. The van der Waals surface area contributed by atoms with Gasteiger partial charge in [-0.15, -0.1) is 5.10 Å². The second-order valence-electron chi connectivity index (χ2n) is 10.7. The Bertz CT molecular complexity index is 1230. The van der Waals surface area contributed by atoms with Crippen molar-refractivity contribution in [2.75, 3.05) is 11.4 Å². The third-order valence-electron chi connectivity index (χ3n) is 5.96. The van der Waals surface area contributed by atoms with Crippen molar-refractivity contribution < 1.29 is 27.8 Å². The van der Waals surface area contributed by atoms with Crippen LogP contribution in [0, 0.1) is 0 Å². The Morgan fingerprint density at radius 2 is 1.74 bits per heavy atom. The normalized spacial score (nSPS) is 12.4. The zero-order valence-corrected chi connectivity index (χ0v) is 22.7. The number of aryl methyl sites for hydroxylation is 2. The van der Waals surface area contributed by atoms with E-state index in [0.717, 1.165) is 14.8 Å². The summed E-state index contributed by atoms with van der Waals surface area (Å²) in [6.07, 6.45) is -3.85. The molecule has 0 aliphatic carbocycles. The summed E-state index contributed by atoms with van der Waals surface area (Å²) >= 11 is 0. The molecule has 0 atom stereocenters. The lowest BCUT2D eigenvalue weighted by Crippen LogP contribution is -2.50. The molecule has 0 bridgehead atoms. The van der Waals surface area contributed by atoms with E-state index in [-0.39, 0.29) is 18.8 Å². The first-order valence-corrected chi connectivity index (χ1v) is 12.4. The largest absolute Gasteiger partial charge is 0.546 e. The molecule has 1 heterocycles. The van der Waals surface area contributed by atoms with E-state index in [0.29, 0.717) is 31.6 Å². The molecule has 9 nitrogen and oxygen atoms in total. The van der Waals surface area contributed by atoms with Crippen LogP contribution in [0.4, 0.5) is 19.0 Å². The number of benzene rings is 1. The van der Waals surface area contributed by atoms with Gasteiger partial charge in [0.25, 0.3) is 5.56 Å². The van der Waals surface area contributed by atoms with Crippen LogP contribution in [0.25, 0.3) is 0 Å². The van der Waals surface area contributed by atoms with Gasteiger partial charge in [-0.25, -0.2) is 9.48 Å². The number of carboxylic acid groups (broad SMARTS) is 1. The Balaban J connectivity index is 2.15. The van der Waals surface area contributed by atoms with E-state index in [1.54, 1.807) is 23.1 Å². The number of carbonyl (C=O) groups excluding carboxylic acids is 1. The Kier molecular flexibility index (Phi) is 9.79. The Morgan fingerprint density at radius 3 is 2.32 bits per heavy atom. The molecule has 0 unspecified atom stereocenters. The lowest BCUT2D eigenvalue weighted by atomic mass is 10.0. The molecule has 0 aliphatic rings. The summed E-state index contributed by atoms with van der Waals surface area (Å²) in [4.78, 5) is 38.6. The van der Waals surface area contributed by atoms with Gasteiger partial charge in [0.2, 0.25) is 5.82 Å². The van der Waals surface area contributed by atoms with Gasteiger partial charge in [-0.3, -0.25) is 9.36 Å². The number of ether oxygens (including phenoxy) is 1. The molecular weight excluding hydrogens is 505 g/mol. The van der Waals surface area contributed by atoms with E-state index in [9.17, 15) is 32.7 Å². The van der Waals surface area contributed by atoms with Crippen molar-refractivity contribution in [2.45, 2.75) is 90.6 Å². The van der Waals surface area contributed by atoms with Crippen molar-refractivity contribution in [2.24, 2.45) is 7.05 Å². The predicted octanol–water partition coefficient (Wildman–Crippen LogP) is 2.82. The van der Waals surface area contributed by atoms with E-state index < -0.39 is 41.0 Å². The standard InChI is InChI=1S/C26H37F3N4O5/c1-24(2,3)33(20-21(34)32(23(37)31(6)30-20)15-10-14-26(27,28)29)16-8-7-11-18-12-9-13-19(17-18)38-25(4,5)22(35)36/h9,12-13,17H,7-8,10-11,14-16H2,1-6H3,(H,35,36)/p-1. The molecule has 0 saturated heterocycles. The van der Waals surface area contributed by atoms with Gasteiger partial charge in [-0.05, 0) is 78.0 Å². The number of aromatic nitrogens is 3. The number of aliphatic carboxylic acids is 1. The van der Waals surface area contributed by atoms with Crippen molar-refractivity contribution in [1.82, 2.24) is 14.3 Å². The lowest BCUT2D eigenvalue weighted by Gasteiger charge is -2.36. The number of halogens is 3. The molecule has 0 radical (unpaired) electrons. The average molecular weight is 542 g/mol. The van der Waals surface area contributed by atoms with Crippen molar-refractivity contribution >= 4 is 11.8 Å². The van der Waals surface area contributed by atoms with Crippen LogP contribution in [0.15, 0.2) is 33.9 Å². The van der Waals surface area contributed by atoms with E-state index in [1.807, 2.05) is 26.8 Å². The fraction of sp³-hybridized carbons (Fsp3) is 0.615. The number of carboxylic acids is 1. The topological polar surface area (TPSA) is 109 Å². The van der Waals surface area contributed by atoms with Crippen LogP contribution in [-0.2, 0) is 24.8 Å². The zero-order chi connectivity index (χ0) is 28.9. The Hall–Kier alpha value is -3.31.